The van der Waals surface area contributed by atoms with Gasteiger partial charge >= 0.3 is 24.0 Å². The van der Waals surface area contributed by atoms with Gasteiger partial charge in [0.25, 0.3) is 5.91 Å². The van der Waals surface area contributed by atoms with Gasteiger partial charge in [0.2, 0.25) is 0 Å². The third kappa shape index (κ3) is 4.84. The van der Waals surface area contributed by atoms with Crippen molar-refractivity contribution >= 4 is 21.7 Å². The maximum atomic E-state index is 14.9. The zero-order valence-electron chi connectivity index (χ0n) is 23.0. The van der Waals surface area contributed by atoms with Gasteiger partial charge in [0.15, 0.2) is 9.84 Å². The Bertz CT molecular complexity index is 1600. The molecule has 0 aromatic heterocycles. The molecular weight excluding hydrogens is 646 g/mol. The minimum absolute atomic E-state index is 0.0688. The Hall–Kier alpha value is -3.47. The Balaban J connectivity index is 1.64. The van der Waals surface area contributed by atoms with Crippen LogP contribution >= 0.6 is 0 Å². The van der Waals surface area contributed by atoms with Crippen LogP contribution in [0, 0.1) is 11.7 Å². The molecule has 5 rings (SSSR count). The second-order valence-electron chi connectivity index (χ2n) is 11.4. The van der Waals surface area contributed by atoms with Crippen LogP contribution in [0.1, 0.15) is 43.2 Å². The van der Waals surface area contributed by atoms with Crippen LogP contribution in [0.5, 0.6) is 5.75 Å². The number of fused-ring (bicyclic) bond motifs is 3. The molecule has 1 amide bonds. The summed E-state index contributed by atoms with van der Waals surface area (Å²) in [4.78, 5) is 25.6. The number of likely N-dealkylation sites (tertiary alicyclic amines) is 1. The molecule has 1 saturated heterocycles. The monoisotopic (exact) mass is 671 g/mol. The molecule has 2 heterocycles. The average molecular weight is 672 g/mol. The van der Waals surface area contributed by atoms with Crippen LogP contribution < -0.4 is 4.74 Å². The van der Waals surface area contributed by atoms with Crippen LogP contribution in [-0.4, -0.2) is 72.6 Å². The lowest BCUT2D eigenvalue weighted by Gasteiger charge is -2.44. The van der Waals surface area contributed by atoms with Crippen LogP contribution in [0.4, 0.5) is 35.1 Å². The third-order valence-electron chi connectivity index (χ3n) is 9.08. The molecule has 246 valence electrons. The van der Waals surface area contributed by atoms with E-state index in [0.717, 1.165) is 29.2 Å². The van der Waals surface area contributed by atoms with Crippen molar-refractivity contribution in [2.75, 3.05) is 13.2 Å². The zero-order valence-corrected chi connectivity index (χ0v) is 23.8. The van der Waals surface area contributed by atoms with Crippen molar-refractivity contribution < 1.29 is 68.1 Å². The normalized spacial score (nSPS) is 27.4. The Morgan fingerprint density at radius 3 is 2.02 bits per heavy atom. The number of sulfone groups is 1. The molecule has 8 nitrogen and oxygen atoms in total. The van der Waals surface area contributed by atoms with E-state index in [1.54, 1.807) is 0 Å². The number of aliphatic hydroxyl groups is 1. The van der Waals surface area contributed by atoms with Crippen LogP contribution in [0.15, 0.2) is 47.4 Å². The number of hydrogen-bond acceptors (Lipinski definition) is 6. The first-order valence-electron chi connectivity index (χ1n) is 13.6. The van der Waals surface area contributed by atoms with Gasteiger partial charge in [-0.2, -0.15) is 26.3 Å². The first kappa shape index (κ1) is 32.9. The molecule has 1 aliphatic carbocycles. The third-order valence-corrected chi connectivity index (χ3v) is 11.6. The fourth-order valence-electron chi connectivity index (χ4n) is 6.61. The minimum Gasteiger partial charge on any atom is -0.491 e. The number of carboxylic acids is 1. The SMILES string of the molecule is O=C(O)C1CCC(O)(C(=O)N2CCC3(S(=O)(=O)c4ccc(F)cc4)c4ccc(C(F)(C(F)(F)F)C(F)(F)F)cc4OCC23)CC1. The Labute approximate surface area is 250 Å². The summed E-state index contributed by atoms with van der Waals surface area (Å²) >= 11 is 0. The fraction of sp³-hybridized carbons (Fsp3) is 0.500. The Morgan fingerprint density at radius 2 is 1.49 bits per heavy atom. The summed E-state index contributed by atoms with van der Waals surface area (Å²) in [5, 5.41) is 20.5. The van der Waals surface area contributed by atoms with Gasteiger partial charge in [-0.25, -0.2) is 17.2 Å². The van der Waals surface area contributed by atoms with Gasteiger partial charge in [0, 0.05) is 17.7 Å². The average Bonchev–Trinajstić information content (AvgIpc) is 3.37. The molecule has 3 aliphatic rings. The van der Waals surface area contributed by atoms with E-state index in [0.29, 0.717) is 6.07 Å². The molecule has 2 aromatic carbocycles. The van der Waals surface area contributed by atoms with Crippen LogP contribution in [-0.2, 0) is 29.8 Å². The molecule has 2 aliphatic heterocycles. The highest BCUT2D eigenvalue weighted by molar-refractivity contribution is 7.92. The van der Waals surface area contributed by atoms with Crippen molar-refractivity contribution in [2.24, 2.45) is 5.92 Å². The van der Waals surface area contributed by atoms with E-state index < -0.39 is 103 Å². The van der Waals surface area contributed by atoms with E-state index in [1.165, 1.54) is 0 Å². The fourth-order valence-corrected chi connectivity index (χ4v) is 8.90. The summed E-state index contributed by atoms with van der Waals surface area (Å²) in [6, 6.07) is 2.76. The van der Waals surface area contributed by atoms with E-state index in [9.17, 15) is 63.3 Å². The molecule has 2 atom stereocenters. The van der Waals surface area contributed by atoms with Crippen molar-refractivity contribution in [1.82, 2.24) is 4.90 Å². The first-order chi connectivity index (χ1) is 20.7. The molecule has 2 fully saturated rings. The number of halogens is 8. The first-order valence-corrected chi connectivity index (χ1v) is 15.1. The van der Waals surface area contributed by atoms with Crippen molar-refractivity contribution in [1.29, 1.82) is 0 Å². The number of carboxylic acid groups (broad SMARTS) is 1. The molecule has 2 N–H and O–H groups in total. The van der Waals surface area contributed by atoms with Crippen LogP contribution in [0.3, 0.4) is 0 Å². The maximum absolute atomic E-state index is 14.9. The summed E-state index contributed by atoms with van der Waals surface area (Å²) in [5.74, 6) is -4.54. The van der Waals surface area contributed by atoms with Crippen molar-refractivity contribution in [3.05, 3.63) is 59.4 Å². The van der Waals surface area contributed by atoms with Gasteiger partial charge in [-0.1, -0.05) is 12.1 Å². The van der Waals surface area contributed by atoms with Gasteiger partial charge in [0.1, 0.15) is 28.5 Å². The minimum atomic E-state index is -6.46. The van der Waals surface area contributed by atoms with Crippen LogP contribution in [0.2, 0.25) is 0 Å². The number of nitrogens with zero attached hydrogens (tertiary/aromatic N) is 1. The van der Waals surface area contributed by atoms with Gasteiger partial charge in [-0.15, -0.1) is 0 Å². The summed E-state index contributed by atoms with van der Waals surface area (Å²) in [7, 11) is -4.77. The number of hydrogen-bond donors (Lipinski definition) is 2. The van der Waals surface area contributed by atoms with E-state index in [2.05, 4.69) is 0 Å². The van der Waals surface area contributed by atoms with Gasteiger partial charge < -0.3 is 19.8 Å². The van der Waals surface area contributed by atoms with E-state index >= 15 is 0 Å². The molecule has 0 spiro atoms. The number of carbonyl (C=O) groups excluding carboxylic acids is 1. The molecule has 0 bridgehead atoms. The highest BCUT2D eigenvalue weighted by Crippen LogP contribution is 2.57. The van der Waals surface area contributed by atoms with E-state index in [4.69, 9.17) is 4.74 Å². The Kier molecular flexibility index (Phi) is 7.71. The molecule has 1 saturated carbocycles. The largest absolute Gasteiger partial charge is 0.491 e. The molecule has 2 aromatic rings. The molecular formula is C28H25F8NO7S. The predicted molar refractivity (Wildman–Crippen MR) is 137 cm³/mol. The standard InChI is InChI=1S/C28H25F8NO7S/c29-17-2-4-18(5-3-17)45(42,43)25-11-12-37(23(40)24(41)9-7-15(8-10-24)22(38)39)21(25)14-44-20-13-16(1-6-19(20)25)26(30,27(31,32)33)28(34,35)36/h1-6,13,15,21,41H,7-12,14H2,(H,38,39). The van der Waals surface area contributed by atoms with E-state index in [-0.39, 0.29) is 44.4 Å². The summed E-state index contributed by atoms with van der Waals surface area (Å²) in [6.45, 7) is -1.18. The van der Waals surface area contributed by atoms with Gasteiger partial charge in [-0.05, 0) is 62.4 Å². The number of carbonyl (C=O) groups is 2. The molecule has 45 heavy (non-hydrogen) atoms. The molecule has 17 heteroatoms. The second-order valence-corrected chi connectivity index (χ2v) is 13.6. The van der Waals surface area contributed by atoms with Gasteiger partial charge in [0.05, 0.1) is 16.9 Å². The highest BCUT2D eigenvalue weighted by Gasteiger charge is 2.74. The number of alkyl halides is 7. The van der Waals surface area contributed by atoms with Crippen LogP contribution in [0.25, 0.3) is 0 Å². The summed E-state index contributed by atoms with van der Waals surface area (Å²) in [5.41, 5.74) is -10.3. The quantitative estimate of drug-likeness (QED) is 0.347. The zero-order chi connectivity index (χ0) is 33.4. The lowest BCUT2D eigenvalue weighted by molar-refractivity contribution is -0.348. The smallest absolute Gasteiger partial charge is 0.435 e. The number of ether oxygens (including phenoxy) is 1. The second kappa shape index (κ2) is 10.5. The summed E-state index contributed by atoms with van der Waals surface area (Å²) in [6.07, 6.45) is -14.1. The molecule has 2 unspecified atom stereocenters. The van der Waals surface area contributed by atoms with E-state index in [1.807, 2.05) is 0 Å². The lowest BCUT2D eigenvalue weighted by atomic mass is 9.77. The number of amides is 1. The highest BCUT2D eigenvalue weighted by atomic mass is 32.2. The topological polar surface area (TPSA) is 121 Å². The van der Waals surface area contributed by atoms with Crippen molar-refractivity contribution in [3.63, 3.8) is 0 Å². The number of aliphatic carboxylic acids is 1. The Morgan fingerprint density at radius 1 is 0.911 bits per heavy atom. The van der Waals surface area contributed by atoms with Crippen molar-refractivity contribution in [3.8, 4) is 5.75 Å². The number of rotatable bonds is 5. The lowest BCUT2D eigenvalue weighted by Crippen LogP contribution is -2.59. The molecule has 0 radical (unpaired) electrons. The predicted octanol–water partition coefficient (Wildman–Crippen LogP) is 4.78. The van der Waals surface area contributed by atoms with Gasteiger partial charge in [-0.3, -0.25) is 9.59 Å². The maximum Gasteiger partial charge on any atom is 0.435 e. The number of benzene rings is 2. The summed E-state index contributed by atoms with van der Waals surface area (Å²) < 4.78 is 142. The van der Waals surface area contributed by atoms with Crippen molar-refractivity contribution in [2.45, 2.75) is 71.4 Å².